The zero-order valence-corrected chi connectivity index (χ0v) is 9.11. The van der Waals surface area contributed by atoms with Crippen LogP contribution in [0, 0.1) is 5.82 Å². The Bertz CT molecular complexity index is 304. The van der Waals surface area contributed by atoms with Crippen LogP contribution >= 0.6 is 11.6 Å². The molecule has 4 heteroatoms. The molecule has 0 spiro atoms. The van der Waals surface area contributed by atoms with Crippen molar-refractivity contribution in [2.24, 2.45) is 0 Å². The van der Waals surface area contributed by atoms with Gasteiger partial charge in [0, 0.05) is 23.8 Å². The van der Waals surface area contributed by atoms with E-state index >= 15 is 0 Å². The van der Waals surface area contributed by atoms with E-state index in [0.717, 1.165) is 0 Å². The average Bonchev–Trinajstić information content (AvgIpc) is 2.12. The largest absolute Gasteiger partial charge is 0.307 e. The van der Waals surface area contributed by atoms with Crippen molar-refractivity contribution in [3.05, 3.63) is 34.6 Å². The van der Waals surface area contributed by atoms with Gasteiger partial charge in [0.05, 0.1) is 0 Å². The van der Waals surface area contributed by atoms with Crippen LogP contribution in [0.25, 0.3) is 0 Å². The number of nitrogens with one attached hydrogen (secondary N) is 1. The van der Waals surface area contributed by atoms with Gasteiger partial charge in [-0.25, -0.2) is 4.39 Å². The van der Waals surface area contributed by atoms with Crippen molar-refractivity contribution in [3.63, 3.8) is 0 Å². The predicted molar refractivity (Wildman–Crippen MR) is 56.8 cm³/mol. The van der Waals surface area contributed by atoms with Crippen LogP contribution in [0.4, 0.5) is 4.39 Å². The van der Waals surface area contributed by atoms with Gasteiger partial charge in [-0.15, -0.1) is 0 Å². The zero-order chi connectivity index (χ0) is 10.6. The van der Waals surface area contributed by atoms with E-state index in [4.69, 9.17) is 11.6 Å². The molecule has 0 bridgehead atoms. The number of rotatable bonds is 4. The third kappa shape index (κ3) is 3.25. The van der Waals surface area contributed by atoms with Crippen molar-refractivity contribution in [3.8, 4) is 0 Å². The van der Waals surface area contributed by atoms with Crippen LogP contribution in [-0.4, -0.2) is 25.7 Å². The quantitative estimate of drug-likeness (QED) is 0.776. The SMILES string of the molecule is CNCN(C)Cc1cc(Cl)ccc1F. The fourth-order valence-corrected chi connectivity index (χ4v) is 1.48. The maximum atomic E-state index is 13.3. The molecule has 0 aliphatic carbocycles. The lowest BCUT2D eigenvalue weighted by atomic mass is 10.2. The van der Waals surface area contributed by atoms with E-state index < -0.39 is 0 Å². The van der Waals surface area contributed by atoms with Gasteiger partial charge >= 0.3 is 0 Å². The molecule has 1 aromatic carbocycles. The van der Waals surface area contributed by atoms with Crippen molar-refractivity contribution in [1.29, 1.82) is 0 Å². The molecular formula is C10H14ClFN2. The van der Waals surface area contributed by atoms with Crippen LogP contribution in [0.15, 0.2) is 18.2 Å². The second-order valence-corrected chi connectivity index (χ2v) is 3.70. The summed E-state index contributed by atoms with van der Waals surface area (Å²) in [6.45, 7) is 1.26. The Morgan fingerprint density at radius 1 is 1.50 bits per heavy atom. The normalized spacial score (nSPS) is 10.9. The van der Waals surface area contributed by atoms with Crippen LogP contribution in [-0.2, 0) is 6.54 Å². The summed E-state index contributed by atoms with van der Waals surface area (Å²) < 4.78 is 13.3. The first-order valence-electron chi connectivity index (χ1n) is 4.40. The van der Waals surface area contributed by atoms with E-state index in [1.54, 1.807) is 12.1 Å². The van der Waals surface area contributed by atoms with E-state index in [1.807, 2.05) is 19.0 Å². The molecule has 14 heavy (non-hydrogen) atoms. The highest BCUT2D eigenvalue weighted by Crippen LogP contribution is 2.15. The molecule has 78 valence electrons. The summed E-state index contributed by atoms with van der Waals surface area (Å²) in [5.74, 6) is -0.211. The molecule has 0 fully saturated rings. The Kier molecular flexibility index (Phi) is 4.32. The third-order valence-electron chi connectivity index (χ3n) is 1.88. The van der Waals surface area contributed by atoms with Gasteiger partial charge in [0.1, 0.15) is 5.82 Å². The molecule has 1 rings (SSSR count). The van der Waals surface area contributed by atoms with E-state index in [9.17, 15) is 4.39 Å². The molecule has 1 N–H and O–H groups in total. The van der Waals surface area contributed by atoms with Gasteiger partial charge in [0.2, 0.25) is 0 Å². The highest BCUT2D eigenvalue weighted by atomic mass is 35.5. The summed E-state index contributed by atoms with van der Waals surface area (Å²) in [5.41, 5.74) is 0.621. The lowest BCUT2D eigenvalue weighted by Gasteiger charge is -2.16. The lowest BCUT2D eigenvalue weighted by Crippen LogP contribution is -2.28. The minimum absolute atomic E-state index is 0.211. The second-order valence-electron chi connectivity index (χ2n) is 3.26. The summed E-state index contributed by atoms with van der Waals surface area (Å²) in [6, 6.07) is 4.60. The van der Waals surface area contributed by atoms with Crippen molar-refractivity contribution in [1.82, 2.24) is 10.2 Å². The van der Waals surface area contributed by atoms with E-state index in [2.05, 4.69) is 5.32 Å². The van der Waals surface area contributed by atoms with Gasteiger partial charge in [0.15, 0.2) is 0 Å². The average molecular weight is 217 g/mol. The Morgan fingerprint density at radius 3 is 2.86 bits per heavy atom. The molecule has 0 heterocycles. The van der Waals surface area contributed by atoms with E-state index in [1.165, 1.54) is 6.07 Å². The fourth-order valence-electron chi connectivity index (χ4n) is 1.28. The van der Waals surface area contributed by atoms with Gasteiger partial charge in [-0.05, 0) is 32.3 Å². The van der Waals surface area contributed by atoms with Crippen LogP contribution < -0.4 is 5.32 Å². The van der Waals surface area contributed by atoms with Crippen LogP contribution in [0.2, 0.25) is 5.02 Å². The molecule has 0 saturated heterocycles. The highest BCUT2D eigenvalue weighted by molar-refractivity contribution is 6.30. The first-order valence-corrected chi connectivity index (χ1v) is 4.78. The fraction of sp³-hybridized carbons (Fsp3) is 0.400. The second kappa shape index (κ2) is 5.29. The summed E-state index contributed by atoms with van der Waals surface area (Å²) in [4.78, 5) is 1.97. The predicted octanol–water partition coefficient (Wildman–Crippen LogP) is 2.09. The van der Waals surface area contributed by atoms with Crippen molar-refractivity contribution >= 4 is 11.6 Å². The molecule has 0 amide bonds. The molecule has 0 unspecified atom stereocenters. The minimum atomic E-state index is -0.211. The molecule has 0 aliphatic heterocycles. The van der Waals surface area contributed by atoms with Crippen molar-refractivity contribution in [2.75, 3.05) is 20.8 Å². The summed E-state index contributed by atoms with van der Waals surface area (Å²) in [6.07, 6.45) is 0. The smallest absolute Gasteiger partial charge is 0.127 e. The number of hydrogen-bond donors (Lipinski definition) is 1. The molecule has 2 nitrogen and oxygen atoms in total. The first-order chi connectivity index (χ1) is 6.63. The van der Waals surface area contributed by atoms with Crippen molar-refractivity contribution in [2.45, 2.75) is 6.54 Å². The Labute approximate surface area is 88.7 Å². The standard InChI is InChI=1S/C10H14ClFN2/c1-13-7-14(2)6-8-5-9(11)3-4-10(8)12/h3-5,13H,6-7H2,1-2H3. The van der Waals surface area contributed by atoms with Crippen LogP contribution in [0.1, 0.15) is 5.56 Å². The van der Waals surface area contributed by atoms with E-state index in [-0.39, 0.29) is 5.82 Å². The topological polar surface area (TPSA) is 15.3 Å². The van der Waals surface area contributed by atoms with Crippen molar-refractivity contribution < 1.29 is 4.39 Å². The van der Waals surface area contributed by atoms with Gasteiger partial charge in [-0.2, -0.15) is 0 Å². The highest BCUT2D eigenvalue weighted by Gasteiger charge is 2.05. The Hall–Kier alpha value is -0.640. The molecule has 0 aliphatic rings. The maximum Gasteiger partial charge on any atom is 0.127 e. The maximum absolute atomic E-state index is 13.3. The van der Waals surface area contributed by atoms with Crippen LogP contribution in [0.5, 0.6) is 0 Å². The van der Waals surface area contributed by atoms with Gasteiger partial charge in [-0.1, -0.05) is 11.6 Å². The molecule has 0 atom stereocenters. The molecule has 1 aromatic rings. The summed E-state index contributed by atoms with van der Waals surface area (Å²) in [5, 5.41) is 3.56. The lowest BCUT2D eigenvalue weighted by molar-refractivity contribution is 0.305. The summed E-state index contributed by atoms with van der Waals surface area (Å²) in [7, 11) is 3.77. The number of nitrogens with zero attached hydrogens (tertiary/aromatic N) is 1. The minimum Gasteiger partial charge on any atom is -0.307 e. The van der Waals surface area contributed by atoms with Gasteiger partial charge < -0.3 is 5.32 Å². The third-order valence-corrected chi connectivity index (χ3v) is 2.11. The number of hydrogen-bond acceptors (Lipinski definition) is 2. The van der Waals surface area contributed by atoms with Gasteiger partial charge in [0.25, 0.3) is 0 Å². The monoisotopic (exact) mass is 216 g/mol. The van der Waals surface area contributed by atoms with Crippen LogP contribution in [0.3, 0.4) is 0 Å². The van der Waals surface area contributed by atoms with Gasteiger partial charge in [-0.3, -0.25) is 4.90 Å². The first kappa shape index (κ1) is 11.4. The Morgan fingerprint density at radius 2 is 2.21 bits per heavy atom. The zero-order valence-electron chi connectivity index (χ0n) is 8.35. The van der Waals surface area contributed by atoms with E-state index in [0.29, 0.717) is 23.8 Å². The molecular weight excluding hydrogens is 203 g/mol. The molecule has 0 aromatic heterocycles. The molecule has 0 radical (unpaired) electrons. The Balaban J connectivity index is 2.70. The summed E-state index contributed by atoms with van der Waals surface area (Å²) >= 11 is 5.78. The molecule has 0 saturated carbocycles. The number of benzene rings is 1. The number of halogens is 2.